The quantitative estimate of drug-likeness (QED) is 0.559. The molecule has 0 radical (unpaired) electrons. The van der Waals surface area contributed by atoms with Gasteiger partial charge in [-0.15, -0.1) is 0 Å². The minimum atomic E-state index is -3.78. The highest BCUT2D eigenvalue weighted by molar-refractivity contribution is 7.91. The molecule has 2 N–H and O–H groups in total. The second kappa shape index (κ2) is 8.39. The molecule has 0 saturated heterocycles. The lowest BCUT2D eigenvalue weighted by atomic mass is 10.3. The van der Waals surface area contributed by atoms with Crippen molar-refractivity contribution in [2.24, 2.45) is 0 Å². The molecule has 10 heteroatoms. The Morgan fingerprint density at radius 2 is 1.79 bits per heavy atom. The summed E-state index contributed by atoms with van der Waals surface area (Å²) in [6.45, 7) is 1.24. The van der Waals surface area contributed by atoms with Crippen LogP contribution >= 0.6 is 0 Å². The lowest BCUT2D eigenvalue weighted by Gasteiger charge is -2.12. The van der Waals surface area contributed by atoms with Gasteiger partial charge >= 0.3 is 12.0 Å². The minimum Gasteiger partial charge on any atom is -0.453 e. The molecular formula is C14H17FN2O6S. The molecule has 1 rings (SSSR count). The molecule has 1 aromatic carbocycles. The summed E-state index contributed by atoms with van der Waals surface area (Å²) in [4.78, 5) is 34.0. The third kappa shape index (κ3) is 5.95. The van der Waals surface area contributed by atoms with Gasteiger partial charge in [-0.1, -0.05) is 0 Å². The predicted octanol–water partition coefficient (Wildman–Crippen LogP) is 0.377. The maximum atomic E-state index is 12.8. The number of esters is 1. The largest absolute Gasteiger partial charge is 0.453 e. The molecule has 0 aliphatic heterocycles. The molecule has 0 heterocycles. The van der Waals surface area contributed by atoms with Crippen LogP contribution in [0.3, 0.4) is 0 Å². The number of rotatable bonds is 6. The average Bonchev–Trinajstić information content (AvgIpc) is 2.53. The van der Waals surface area contributed by atoms with Crippen molar-refractivity contribution in [1.82, 2.24) is 10.6 Å². The van der Waals surface area contributed by atoms with Crippen LogP contribution in [0.4, 0.5) is 9.18 Å². The fourth-order valence-corrected chi connectivity index (χ4v) is 2.78. The Labute approximate surface area is 138 Å². The molecule has 0 aliphatic carbocycles. The summed E-state index contributed by atoms with van der Waals surface area (Å²) in [5.41, 5.74) is 0. The Morgan fingerprint density at radius 1 is 1.21 bits per heavy atom. The van der Waals surface area contributed by atoms with Gasteiger partial charge in [0.15, 0.2) is 15.9 Å². The monoisotopic (exact) mass is 360 g/mol. The van der Waals surface area contributed by atoms with E-state index in [0.717, 1.165) is 24.3 Å². The molecule has 3 amide bonds. The lowest BCUT2D eigenvalue weighted by Crippen LogP contribution is -2.43. The molecule has 0 spiro atoms. The first kappa shape index (κ1) is 19.6. The zero-order valence-corrected chi connectivity index (χ0v) is 13.9. The van der Waals surface area contributed by atoms with Crippen molar-refractivity contribution in [3.8, 4) is 0 Å². The number of amides is 3. The number of benzene rings is 1. The highest BCUT2D eigenvalue weighted by atomic mass is 32.2. The molecule has 1 atom stereocenters. The van der Waals surface area contributed by atoms with Crippen molar-refractivity contribution in [3.63, 3.8) is 0 Å². The molecule has 0 unspecified atom stereocenters. The second-order valence-corrected chi connectivity index (χ2v) is 6.83. The van der Waals surface area contributed by atoms with E-state index in [9.17, 15) is 27.2 Å². The van der Waals surface area contributed by atoms with E-state index in [1.165, 1.54) is 14.0 Å². The minimum absolute atomic E-state index is 0.123. The van der Waals surface area contributed by atoms with Crippen LogP contribution in [0.15, 0.2) is 29.2 Å². The summed E-state index contributed by atoms with van der Waals surface area (Å²) in [7, 11) is -2.48. The van der Waals surface area contributed by atoms with Gasteiger partial charge in [0.25, 0.3) is 5.91 Å². The van der Waals surface area contributed by atoms with E-state index in [1.807, 2.05) is 5.32 Å². The number of nitrogens with one attached hydrogen (secondary N) is 2. The number of urea groups is 1. The molecular weight excluding hydrogens is 343 g/mol. The first-order valence-electron chi connectivity index (χ1n) is 6.86. The first-order chi connectivity index (χ1) is 11.2. The molecule has 0 saturated carbocycles. The summed E-state index contributed by atoms with van der Waals surface area (Å²) >= 11 is 0. The van der Waals surface area contributed by atoms with Gasteiger partial charge in [-0.3, -0.25) is 14.9 Å². The summed E-state index contributed by atoms with van der Waals surface area (Å²) in [6.07, 6.45) is -1.75. The average molecular weight is 360 g/mol. The predicted molar refractivity (Wildman–Crippen MR) is 81.2 cm³/mol. The Kier molecular flexibility index (Phi) is 6.83. The first-order valence-corrected chi connectivity index (χ1v) is 8.51. The third-order valence-corrected chi connectivity index (χ3v) is 4.62. The van der Waals surface area contributed by atoms with E-state index in [4.69, 9.17) is 4.74 Å². The Morgan fingerprint density at radius 3 is 2.33 bits per heavy atom. The summed E-state index contributed by atoms with van der Waals surface area (Å²) in [6, 6.07) is 3.42. The standard InChI is InChI=1S/C14H17FN2O6S/c1-9(13(19)17-14(20)16-2)23-12(18)7-8-24(21,22)11-5-3-10(15)4-6-11/h3-6,9H,7-8H2,1-2H3,(H2,16,17,19,20)/t9-/m1/s1. The van der Waals surface area contributed by atoms with Gasteiger partial charge < -0.3 is 10.1 Å². The van der Waals surface area contributed by atoms with Crippen molar-refractivity contribution in [2.45, 2.75) is 24.3 Å². The zero-order valence-electron chi connectivity index (χ0n) is 13.0. The van der Waals surface area contributed by atoms with E-state index < -0.39 is 51.8 Å². The van der Waals surface area contributed by atoms with Crippen molar-refractivity contribution in [3.05, 3.63) is 30.1 Å². The highest BCUT2D eigenvalue weighted by Gasteiger charge is 2.22. The molecule has 0 aromatic heterocycles. The Balaban J connectivity index is 2.55. The molecule has 0 bridgehead atoms. The number of halogens is 1. The maximum Gasteiger partial charge on any atom is 0.321 e. The van der Waals surface area contributed by atoms with Crippen LogP contribution in [0.1, 0.15) is 13.3 Å². The van der Waals surface area contributed by atoms with Crippen LogP contribution in [0.25, 0.3) is 0 Å². The van der Waals surface area contributed by atoms with Gasteiger partial charge in [-0.05, 0) is 31.2 Å². The summed E-state index contributed by atoms with van der Waals surface area (Å²) < 4.78 is 41.5. The van der Waals surface area contributed by atoms with Gasteiger partial charge in [-0.25, -0.2) is 17.6 Å². The van der Waals surface area contributed by atoms with E-state index in [2.05, 4.69) is 5.32 Å². The Bertz CT molecular complexity index is 717. The number of ether oxygens (including phenoxy) is 1. The number of hydrogen-bond acceptors (Lipinski definition) is 6. The van der Waals surface area contributed by atoms with Gasteiger partial charge in [0.05, 0.1) is 17.1 Å². The number of sulfone groups is 1. The van der Waals surface area contributed by atoms with Gasteiger partial charge in [0.1, 0.15) is 5.82 Å². The van der Waals surface area contributed by atoms with Crippen LogP contribution in [0.5, 0.6) is 0 Å². The van der Waals surface area contributed by atoms with E-state index in [-0.39, 0.29) is 4.90 Å². The van der Waals surface area contributed by atoms with Crippen LogP contribution < -0.4 is 10.6 Å². The van der Waals surface area contributed by atoms with Crippen LogP contribution in [-0.2, 0) is 24.2 Å². The molecule has 24 heavy (non-hydrogen) atoms. The molecule has 0 fully saturated rings. The van der Waals surface area contributed by atoms with Gasteiger partial charge in [-0.2, -0.15) is 0 Å². The highest BCUT2D eigenvalue weighted by Crippen LogP contribution is 2.13. The molecule has 0 aliphatic rings. The molecule has 8 nitrogen and oxygen atoms in total. The fraction of sp³-hybridized carbons (Fsp3) is 0.357. The molecule has 132 valence electrons. The van der Waals surface area contributed by atoms with Crippen molar-refractivity contribution >= 4 is 27.7 Å². The van der Waals surface area contributed by atoms with E-state index in [1.54, 1.807) is 0 Å². The van der Waals surface area contributed by atoms with Crippen LogP contribution in [0.2, 0.25) is 0 Å². The summed E-state index contributed by atoms with van der Waals surface area (Å²) in [5.74, 6) is -2.89. The Hall–Kier alpha value is -2.49. The van der Waals surface area contributed by atoms with Gasteiger partial charge in [0.2, 0.25) is 0 Å². The number of carbonyl (C=O) groups excluding carboxylic acids is 3. The number of carbonyl (C=O) groups is 3. The molecule has 1 aromatic rings. The number of imide groups is 1. The van der Waals surface area contributed by atoms with Crippen LogP contribution in [0, 0.1) is 5.82 Å². The lowest BCUT2D eigenvalue weighted by molar-refractivity contribution is -0.154. The normalized spacial score (nSPS) is 12.1. The SMILES string of the molecule is CNC(=O)NC(=O)[C@@H](C)OC(=O)CCS(=O)(=O)c1ccc(F)cc1. The van der Waals surface area contributed by atoms with Crippen molar-refractivity contribution < 1.29 is 31.9 Å². The van der Waals surface area contributed by atoms with E-state index >= 15 is 0 Å². The summed E-state index contributed by atoms with van der Waals surface area (Å²) in [5, 5.41) is 4.07. The van der Waals surface area contributed by atoms with Crippen molar-refractivity contribution in [1.29, 1.82) is 0 Å². The third-order valence-electron chi connectivity index (χ3n) is 2.89. The zero-order chi connectivity index (χ0) is 18.3. The van der Waals surface area contributed by atoms with Gasteiger partial charge in [0, 0.05) is 7.05 Å². The number of hydrogen-bond donors (Lipinski definition) is 2. The smallest absolute Gasteiger partial charge is 0.321 e. The van der Waals surface area contributed by atoms with Crippen LogP contribution in [-0.4, -0.2) is 45.2 Å². The fourth-order valence-electron chi connectivity index (χ4n) is 1.56. The maximum absolute atomic E-state index is 12.8. The second-order valence-electron chi connectivity index (χ2n) is 4.72. The van der Waals surface area contributed by atoms with Crippen molar-refractivity contribution in [2.75, 3.05) is 12.8 Å². The topological polar surface area (TPSA) is 119 Å². The van der Waals surface area contributed by atoms with E-state index in [0.29, 0.717) is 0 Å².